The fourth-order valence-corrected chi connectivity index (χ4v) is 3.10. The summed E-state index contributed by atoms with van der Waals surface area (Å²) in [6.45, 7) is 7.09. The smallest absolute Gasteiger partial charge is 0.0165 e. The molecule has 2 aliphatic rings. The van der Waals surface area contributed by atoms with E-state index in [4.69, 9.17) is 0 Å². The maximum atomic E-state index is 2.41. The van der Waals surface area contributed by atoms with Gasteiger partial charge in [0.25, 0.3) is 0 Å². The molecule has 2 rings (SSSR count). The largest absolute Gasteiger partial charge is 0.0808 e. The van der Waals surface area contributed by atoms with Gasteiger partial charge >= 0.3 is 0 Å². The van der Waals surface area contributed by atoms with Gasteiger partial charge in [-0.1, -0.05) is 45.1 Å². The van der Waals surface area contributed by atoms with E-state index < -0.39 is 0 Å². The first-order chi connectivity index (χ1) is 6.54. The topological polar surface area (TPSA) is 0 Å². The number of fused-ring (bicyclic) bond motifs is 1. The minimum atomic E-state index is 0.506. The van der Waals surface area contributed by atoms with Gasteiger partial charge in [-0.05, 0) is 42.4 Å². The van der Waals surface area contributed by atoms with E-state index in [0.29, 0.717) is 5.41 Å². The van der Waals surface area contributed by atoms with Crippen LogP contribution in [-0.4, -0.2) is 0 Å². The number of hydrogen-bond donors (Lipinski definition) is 0. The van der Waals surface area contributed by atoms with Crippen molar-refractivity contribution in [2.45, 2.75) is 40.0 Å². The van der Waals surface area contributed by atoms with Crippen LogP contribution in [0.2, 0.25) is 0 Å². The van der Waals surface area contributed by atoms with Crippen molar-refractivity contribution in [3.8, 4) is 0 Å². The molecule has 0 aliphatic heterocycles. The summed E-state index contributed by atoms with van der Waals surface area (Å²) in [6, 6.07) is 0. The van der Waals surface area contributed by atoms with Gasteiger partial charge in [-0.3, -0.25) is 0 Å². The van der Waals surface area contributed by atoms with Crippen LogP contribution in [0.1, 0.15) is 40.0 Å². The molecule has 0 aromatic rings. The van der Waals surface area contributed by atoms with Crippen molar-refractivity contribution in [2.75, 3.05) is 0 Å². The predicted octanol–water partition coefficient (Wildman–Crippen LogP) is 4.19. The summed E-state index contributed by atoms with van der Waals surface area (Å²) < 4.78 is 0. The van der Waals surface area contributed by atoms with Crippen LogP contribution >= 0.6 is 0 Å². The highest BCUT2D eigenvalue weighted by Crippen LogP contribution is 2.44. The van der Waals surface area contributed by atoms with Crippen molar-refractivity contribution in [3.63, 3.8) is 0 Å². The van der Waals surface area contributed by atoms with Crippen LogP contribution in [0.25, 0.3) is 0 Å². The Labute approximate surface area is 88.1 Å². The highest BCUT2D eigenvalue weighted by Gasteiger charge is 2.33. The molecular weight excluding hydrogens is 168 g/mol. The zero-order valence-corrected chi connectivity index (χ0v) is 9.66. The standard InChI is InChI=1S/C14H22/c1-14(2,3)10-11-8-12-6-4-5-7-13(12)9-11/h4-7,11-13H,8-10H2,1-3H3. The van der Waals surface area contributed by atoms with E-state index in [2.05, 4.69) is 45.1 Å². The number of allylic oxidation sites excluding steroid dienone is 4. The summed E-state index contributed by atoms with van der Waals surface area (Å²) in [6.07, 6.45) is 13.5. The lowest BCUT2D eigenvalue weighted by molar-refractivity contribution is 0.293. The molecule has 0 aromatic carbocycles. The van der Waals surface area contributed by atoms with Crippen LogP contribution < -0.4 is 0 Å². The predicted molar refractivity (Wildman–Crippen MR) is 62.1 cm³/mol. The minimum absolute atomic E-state index is 0.506. The molecule has 14 heavy (non-hydrogen) atoms. The molecule has 2 atom stereocenters. The van der Waals surface area contributed by atoms with Gasteiger partial charge in [0.05, 0.1) is 0 Å². The van der Waals surface area contributed by atoms with Crippen molar-refractivity contribution in [1.29, 1.82) is 0 Å². The van der Waals surface area contributed by atoms with Crippen LogP contribution in [0.5, 0.6) is 0 Å². The van der Waals surface area contributed by atoms with Gasteiger partial charge < -0.3 is 0 Å². The fourth-order valence-electron chi connectivity index (χ4n) is 3.10. The van der Waals surface area contributed by atoms with E-state index in [9.17, 15) is 0 Å². The zero-order chi connectivity index (χ0) is 10.2. The molecule has 0 heterocycles. The third-order valence-electron chi connectivity index (χ3n) is 3.49. The van der Waals surface area contributed by atoms with Crippen LogP contribution in [0.4, 0.5) is 0 Å². The molecule has 0 spiro atoms. The average Bonchev–Trinajstić information content (AvgIpc) is 2.42. The van der Waals surface area contributed by atoms with E-state index in [1.165, 1.54) is 19.3 Å². The molecule has 1 saturated carbocycles. The third kappa shape index (κ3) is 2.29. The van der Waals surface area contributed by atoms with Gasteiger partial charge in [0.2, 0.25) is 0 Å². The van der Waals surface area contributed by atoms with Crippen molar-refractivity contribution in [1.82, 2.24) is 0 Å². The molecule has 0 heteroatoms. The maximum absolute atomic E-state index is 2.41. The Kier molecular flexibility index (Phi) is 2.55. The molecule has 0 bridgehead atoms. The van der Waals surface area contributed by atoms with E-state index >= 15 is 0 Å². The summed E-state index contributed by atoms with van der Waals surface area (Å²) in [7, 11) is 0. The van der Waals surface area contributed by atoms with Gasteiger partial charge in [-0.2, -0.15) is 0 Å². The van der Waals surface area contributed by atoms with Crippen LogP contribution in [-0.2, 0) is 0 Å². The van der Waals surface area contributed by atoms with Crippen molar-refractivity contribution >= 4 is 0 Å². The lowest BCUT2D eigenvalue weighted by atomic mass is 9.83. The van der Waals surface area contributed by atoms with E-state index in [-0.39, 0.29) is 0 Å². The molecule has 1 fully saturated rings. The molecule has 0 nitrogen and oxygen atoms in total. The van der Waals surface area contributed by atoms with Crippen molar-refractivity contribution < 1.29 is 0 Å². The number of hydrogen-bond acceptors (Lipinski definition) is 0. The second-order valence-corrected chi connectivity index (χ2v) is 6.20. The van der Waals surface area contributed by atoms with E-state index in [0.717, 1.165) is 17.8 Å². The van der Waals surface area contributed by atoms with Gasteiger partial charge in [0.1, 0.15) is 0 Å². The Hall–Kier alpha value is -0.520. The van der Waals surface area contributed by atoms with Crippen LogP contribution in [0, 0.1) is 23.2 Å². The van der Waals surface area contributed by atoms with Gasteiger partial charge in [0.15, 0.2) is 0 Å². The second-order valence-electron chi connectivity index (χ2n) is 6.20. The number of rotatable bonds is 1. The molecular formula is C14H22. The highest BCUT2D eigenvalue weighted by atomic mass is 14.4. The second kappa shape index (κ2) is 3.56. The third-order valence-corrected chi connectivity index (χ3v) is 3.49. The Morgan fingerprint density at radius 1 is 1.00 bits per heavy atom. The lowest BCUT2D eigenvalue weighted by Crippen LogP contribution is -2.11. The van der Waals surface area contributed by atoms with Gasteiger partial charge in [-0.15, -0.1) is 0 Å². The lowest BCUT2D eigenvalue weighted by Gasteiger charge is -2.22. The first kappa shape index (κ1) is 10.0. The Morgan fingerprint density at radius 2 is 1.50 bits per heavy atom. The summed E-state index contributed by atoms with van der Waals surface area (Å²) in [4.78, 5) is 0. The molecule has 0 amide bonds. The maximum Gasteiger partial charge on any atom is -0.0165 e. The molecule has 78 valence electrons. The quantitative estimate of drug-likeness (QED) is 0.581. The molecule has 0 aromatic heterocycles. The molecule has 0 radical (unpaired) electrons. The summed E-state index contributed by atoms with van der Waals surface area (Å²) in [5.41, 5.74) is 0.506. The SMILES string of the molecule is CC(C)(C)CC1CC2C=CC=CC2C1. The monoisotopic (exact) mass is 190 g/mol. The molecule has 0 N–H and O–H groups in total. The van der Waals surface area contributed by atoms with Crippen molar-refractivity contribution in [2.24, 2.45) is 23.2 Å². The normalized spacial score (nSPS) is 36.1. The highest BCUT2D eigenvalue weighted by molar-refractivity contribution is 5.16. The van der Waals surface area contributed by atoms with Crippen LogP contribution in [0.3, 0.4) is 0 Å². The first-order valence-electron chi connectivity index (χ1n) is 5.89. The Bertz CT molecular complexity index is 232. The Balaban J connectivity index is 1.94. The Morgan fingerprint density at radius 3 is 1.93 bits per heavy atom. The summed E-state index contributed by atoms with van der Waals surface area (Å²) >= 11 is 0. The van der Waals surface area contributed by atoms with E-state index in [1.807, 2.05) is 0 Å². The molecule has 2 unspecified atom stereocenters. The molecule has 2 aliphatic carbocycles. The molecule has 0 saturated heterocycles. The van der Waals surface area contributed by atoms with Crippen molar-refractivity contribution in [3.05, 3.63) is 24.3 Å². The van der Waals surface area contributed by atoms with E-state index in [1.54, 1.807) is 0 Å². The summed E-state index contributed by atoms with van der Waals surface area (Å²) in [5.74, 6) is 2.66. The fraction of sp³-hybridized carbons (Fsp3) is 0.714. The minimum Gasteiger partial charge on any atom is -0.0808 e. The average molecular weight is 190 g/mol. The summed E-state index contributed by atoms with van der Waals surface area (Å²) in [5, 5.41) is 0. The first-order valence-corrected chi connectivity index (χ1v) is 5.89. The van der Waals surface area contributed by atoms with Crippen LogP contribution in [0.15, 0.2) is 24.3 Å². The van der Waals surface area contributed by atoms with Gasteiger partial charge in [-0.25, -0.2) is 0 Å². The van der Waals surface area contributed by atoms with Gasteiger partial charge in [0, 0.05) is 0 Å². The zero-order valence-electron chi connectivity index (χ0n) is 9.66.